The van der Waals surface area contributed by atoms with Crippen LogP contribution in [-0.4, -0.2) is 31.3 Å². The third kappa shape index (κ3) is 2.38. The molecule has 1 aliphatic rings. The van der Waals surface area contributed by atoms with Crippen molar-refractivity contribution in [3.8, 4) is 17.5 Å². The van der Waals surface area contributed by atoms with Crippen LogP contribution in [0.15, 0.2) is 28.7 Å². The standard InChI is InChI=1S/C15H15N3O2/c1-11-3-2-4-12(9-11)14-17-13(10-16)15(20-14)18-5-7-19-8-6-18/h2-4,9H,5-8H2,1H3. The zero-order valence-corrected chi connectivity index (χ0v) is 11.3. The zero-order chi connectivity index (χ0) is 13.9. The summed E-state index contributed by atoms with van der Waals surface area (Å²) in [6, 6.07) is 10.0. The van der Waals surface area contributed by atoms with Crippen LogP contribution in [0.3, 0.4) is 0 Å². The van der Waals surface area contributed by atoms with Gasteiger partial charge >= 0.3 is 0 Å². The lowest BCUT2D eigenvalue weighted by molar-refractivity contribution is 0.121. The fourth-order valence-electron chi connectivity index (χ4n) is 2.27. The minimum Gasteiger partial charge on any atom is -0.419 e. The maximum atomic E-state index is 9.23. The fourth-order valence-corrected chi connectivity index (χ4v) is 2.27. The van der Waals surface area contributed by atoms with E-state index in [0.717, 1.165) is 24.2 Å². The zero-order valence-electron chi connectivity index (χ0n) is 11.3. The quantitative estimate of drug-likeness (QED) is 0.837. The average molecular weight is 269 g/mol. The molecular weight excluding hydrogens is 254 g/mol. The summed E-state index contributed by atoms with van der Waals surface area (Å²) < 4.78 is 11.1. The van der Waals surface area contributed by atoms with Gasteiger partial charge in [0.25, 0.3) is 0 Å². The first-order valence-electron chi connectivity index (χ1n) is 6.58. The largest absolute Gasteiger partial charge is 0.419 e. The second-order valence-corrected chi connectivity index (χ2v) is 4.75. The molecule has 0 spiro atoms. The first kappa shape index (κ1) is 12.7. The van der Waals surface area contributed by atoms with Crippen molar-refractivity contribution < 1.29 is 9.15 Å². The number of aryl methyl sites for hydroxylation is 1. The third-order valence-corrected chi connectivity index (χ3v) is 3.28. The molecule has 102 valence electrons. The van der Waals surface area contributed by atoms with E-state index in [0.29, 0.717) is 30.7 Å². The molecular formula is C15H15N3O2. The molecule has 20 heavy (non-hydrogen) atoms. The highest BCUT2D eigenvalue weighted by Crippen LogP contribution is 2.28. The summed E-state index contributed by atoms with van der Waals surface area (Å²) in [5.41, 5.74) is 2.36. The number of morpholine rings is 1. The van der Waals surface area contributed by atoms with Crippen molar-refractivity contribution in [2.45, 2.75) is 6.92 Å². The predicted octanol–water partition coefficient (Wildman–Crippen LogP) is 2.36. The molecule has 5 heteroatoms. The Morgan fingerprint density at radius 1 is 1.30 bits per heavy atom. The van der Waals surface area contributed by atoms with Crippen molar-refractivity contribution in [3.05, 3.63) is 35.5 Å². The van der Waals surface area contributed by atoms with Crippen molar-refractivity contribution in [1.29, 1.82) is 5.26 Å². The van der Waals surface area contributed by atoms with Gasteiger partial charge in [0, 0.05) is 18.7 Å². The second kappa shape index (κ2) is 5.35. The van der Waals surface area contributed by atoms with Crippen LogP contribution in [0.2, 0.25) is 0 Å². The van der Waals surface area contributed by atoms with Crippen LogP contribution in [0.1, 0.15) is 11.3 Å². The molecule has 0 N–H and O–H groups in total. The Bertz CT molecular complexity index is 651. The van der Waals surface area contributed by atoms with Gasteiger partial charge in [-0.2, -0.15) is 10.2 Å². The number of benzene rings is 1. The molecule has 3 rings (SSSR count). The molecule has 0 aliphatic carbocycles. The van der Waals surface area contributed by atoms with Crippen molar-refractivity contribution in [1.82, 2.24) is 4.98 Å². The minimum absolute atomic E-state index is 0.336. The van der Waals surface area contributed by atoms with E-state index in [9.17, 15) is 5.26 Å². The van der Waals surface area contributed by atoms with Crippen LogP contribution >= 0.6 is 0 Å². The van der Waals surface area contributed by atoms with Crippen molar-refractivity contribution >= 4 is 5.88 Å². The SMILES string of the molecule is Cc1cccc(-c2nc(C#N)c(N3CCOCC3)o2)c1. The van der Waals surface area contributed by atoms with Gasteiger partial charge in [-0.15, -0.1) is 0 Å². The summed E-state index contributed by atoms with van der Waals surface area (Å²) >= 11 is 0. The van der Waals surface area contributed by atoms with E-state index in [1.807, 2.05) is 36.1 Å². The number of hydrogen-bond donors (Lipinski definition) is 0. The van der Waals surface area contributed by atoms with E-state index in [1.54, 1.807) is 0 Å². The first-order valence-corrected chi connectivity index (χ1v) is 6.58. The molecule has 1 fully saturated rings. The van der Waals surface area contributed by atoms with Gasteiger partial charge in [-0.25, -0.2) is 0 Å². The Morgan fingerprint density at radius 2 is 2.10 bits per heavy atom. The molecule has 2 aromatic rings. The molecule has 5 nitrogen and oxygen atoms in total. The molecule has 0 atom stereocenters. The minimum atomic E-state index is 0.336. The van der Waals surface area contributed by atoms with Crippen LogP contribution in [0.25, 0.3) is 11.5 Å². The third-order valence-electron chi connectivity index (χ3n) is 3.28. The van der Waals surface area contributed by atoms with Gasteiger partial charge in [-0.05, 0) is 19.1 Å². The van der Waals surface area contributed by atoms with Crippen molar-refractivity contribution in [3.63, 3.8) is 0 Å². The average Bonchev–Trinajstić information content (AvgIpc) is 2.92. The van der Waals surface area contributed by atoms with E-state index < -0.39 is 0 Å². The van der Waals surface area contributed by atoms with Crippen molar-refractivity contribution in [2.75, 3.05) is 31.2 Å². The van der Waals surface area contributed by atoms with Gasteiger partial charge in [0.2, 0.25) is 17.5 Å². The maximum absolute atomic E-state index is 9.23. The Morgan fingerprint density at radius 3 is 2.80 bits per heavy atom. The summed E-state index contributed by atoms with van der Waals surface area (Å²) in [5.74, 6) is 1.04. The smallest absolute Gasteiger partial charge is 0.235 e. The monoisotopic (exact) mass is 269 g/mol. The lowest BCUT2D eigenvalue weighted by atomic mass is 10.1. The molecule has 1 saturated heterocycles. The highest BCUT2D eigenvalue weighted by Gasteiger charge is 2.22. The first-order chi connectivity index (χ1) is 9.78. The number of aromatic nitrogens is 1. The van der Waals surface area contributed by atoms with Gasteiger partial charge in [0.15, 0.2) is 0 Å². The number of oxazole rings is 1. The van der Waals surface area contributed by atoms with Crippen LogP contribution in [0, 0.1) is 18.3 Å². The normalized spacial score (nSPS) is 15.1. The molecule has 1 aliphatic heterocycles. The molecule has 0 bridgehead atoms. The summed E-state index contributed by atoms with van der Waals surface area (Å²) in [6.45, 7) is 4.74. The molecule has 0 saturated carbocycles. The Labute approximate surface area is 117 Å². The lowest BCUT2D eigenvalue weighted by Gasteiger charge is -2.25. The van der Waals surface area contributed by atoms with Crippen LogP contribution in [0.5, 0.6) is 0 Å². The highest BCUT2D eigenvalue weighted by molar-refractivity contribution is 5.60. The van der Waals surface area contributed by atoms with E-state index in [2.05, 4.69) is 11.1 Å². The molecule has 2 heterocycles. The number of nitriles is 1. The van der Waals surface area contributed by atoms with Crippen LogP contribution < -0.4 is 4.90 Å². The number of nitrogens with zero attached hydrogens (tertiary/aromatic N) is 3. The summed E-state index contributed by atoms with van der Waals surface area (Å²) in [7, 11) is 0. The Balaban J connectivity index is 1.98. The number of anilines is 1. The highest BCUT2D eigenvalue weighted by atomic mass is 16.5. The fraction of sp³-hybridized carbons (Fsp3) is 0.333. The summed E-state index contributed by atoms with van der Waals surface area (Å²) in [5, 5.41) is 9.23. The van der Waals surface area contributed by atoms with Gasteiger partial charge in [0.05, 0.1) is 13.2 Å². The van der Waals surface area contributed by atoms with Gasteiger partial charge in [-0.3, -0.25) is 0 Å². The topological polar surface area (TPSA) is 62.3 Å². The van der Waals surface area contributed by atoms with Gasteiger partial charge in [0.1, 0.15) is 6.07 Å². The van der Waals surface area contributed by atoms with Crippen molar-refractivity contribution in [2.24, 2.45) is 0 Å². The van der Waals surface area contributed by atoms with Gasteiger partial charge < -0.3 is 14.1 Å². The number of hydrogen-bond acceptors (Lipinski definition) is 5. The Kier molecular flexibility index (Phi) is 3.40. The van der Waals surface area contributed by atoms with Gasteiger partial charge in [-0.1, -0.05) is 17.7 Å². The lowest BCUT2D eigenvalue weighted by Crippen LogP contribution is -2.36. The summed E-state index contributed by atoms with van der Waals surface area (Å²) in [4.78, 5) is 6.31. The van der Waals surface area contributed by atoms with E-state index in [-0.39, 0.29) is 0 Å². The Hall–Kier alpha value is -2.32. The predicted molar refractivity (Wildman–Crippen MR) is 74.4 cm³/mol. The van der Waals surface area contributed by atoms with E-state index in [1.165, 1.54) is 0 Å². The molecule has 0 amide bonds. The molecule has 0 unspecified atom stereocenters. The van der Waals surface area contributed by atoms with E-state index in [4.69, 9.17) is 9.15 Å². The van der Waals surface area contributed by atoms with Crippen LogP contribution in [0.4, 0.5) is 5.88 Å². The summed E-state index contributed by atoms with van der Waals surface area (Å²) in [6.07, 6.45) is 0. The van der Waals surface area contributed by atoms with Crippen LogP contribution in [-0.2, 0) is 4.74 Å². The molecule has 0 radical (unpaired) electrons. The molecule has 1 aromatic heterocycles. The number of ether oxygens (including phenoxy) is 1. The number of rotatable bonds is 2. The van der Waals surface area contributed by atoms with E-state index >= 15 is 0 Å². The molecule has 1 aromatic carbocycles. The second-order valence-electron chi connectivity index (χ2n) is 4.75. The maximum Gasteiger partial charge on any atom is 0.235 e.